The van der Waals surface area contributed by atoms with Crippen molar-refractivity contribution in [2.75, 3.05) is 19.7 Å². The van der Waals surface area contributed by atoms with Gasteiger partial charge in [0.1, 0.15) is 4.33 Å². The quantitative estimate of drug-likeness (QED) is 0.538. The highest BCUT2D eigenvalue weighted by Crippen LogP contribution is 2.53. The van der Waals surface area contributed by atoms with Crippen molar-refractivity contribution in [1.29, 1.82) is 0 Å². The molecule has 1 saturated carbocycles. The minimum absolute atomic E-state index is 0.0440. The average Bonchev–Trinajstić information content (AvgIpc) is 3.19. The van der Waals surface area contributed by atoms with Crippen LogP contribution in [0.25, 0.3) is 0 Å². The van der Waals surface area contributed by atoms with E-state index in [1.807, 2.05) is 0 Å². The second-order valence-electron chi connectivity index (χ2n) is 7.55. The summed E-state index contributed by atoms with van der Waals surface area (Å²) in [5, 5.41) is 0. The zero-order valence-corrected chi connectivity index (χ0v) is 17.1. The first-order valence-corrected chi connectivity index (χ1v) is 10.9. The number of carbonyl (C=O) groups is 1. The summed E-state index contributed by atoms with van der Waals surface area (Å²) in [7, 11) is -3.56. The van der Waals surface area contributed by atoms with Gasteiger partial charge in [-0.2, -0.15) is 4.31 Å². The monoisotopic (exact) mass is 419 g/mol. The van der Waals surface area contributed by atoms with Crippen LogP contribution in [0.3, 0.4) is 0 Å². The number of piperidine rings is 1. The summed E-state index contributed by atoms with van der Waals surface area (Å²) in [5.74, 6) is 0.116. The summed E-state index contributed by atoms with van der Waals surface area (Å²) in [4.78, 5) is 12.3. The number of esters is 1. The Hall–Kier alpha value is -0.820. The van der Waals surface area contributed by atoms with Crippen LogP contribution in [0, 0.1) is 17.8 Å². The molecule has 144 valence electrons. The van der Waals surface area contributed by atoms with Crippen LogP contribution in [-0.2, 0) is 14.8 Å². The van der Waals surface area contributed by atoms with Gasteiger partial charge in [0, 0.05) is 19.0 Å². The van der Waals surface area contributed by atoms with Crippen LogP contribution in [0.1, 0.15) is 37.0 Å². The fourth-order valence-electron chi connectivity index (χ4n) is 3.42. The van der Waals surface area contributed by atoms with Gasteiger partial charge in [-0.15, -0.1) is 23.2 Å². The molecule has 1 heterocycles. The predicted molar refractivity (Wildman–Crippen MR) is 101 cm³/mol. The third-order valence-corrected chi connectivity index (χ3v) is 7.71. The third-order valence-electron chi connectivity index (χ3n) is 4.93. The number of nitrogens with zero attached hydrogens (tertiary/aromatic N) is 1. The van der Waals surface area contributed by atoms with Crippen molar-refractivity contribution in [1.82, 2.24) is 4.31 Å². The molecule has 1 aromatic carbocycles. The molecule has 2 aliphatic rings. The summed E-state index contributed by atoms with van der Waals surface area (Å²) in [6, 6.07) is 5.88. The summed E-state index contributed by atoms with van der Waals surface area (Å²) < 4.78 is 31.6. The van der Waals surface area contributed by atoms with Crippen molar-refractivity contribution < 1.29 is 17.9 Å². The first-order chi connectivity index (χ1) is 12.1. The summed E-state index contributed by atoms with van der Waals surface area (Å²) in [6.07, 6.45) is 1.64. The zero-order valence-electron chi connectivity index (χ0n) is 14.8. The van der Waals surface area contributed by atoms with E-state index in [0.29, 0.717) is 36.9 Å². The highest BCUT2D eigenvalue weighted by molar-refractivity contribution is 7.89. The first-order valence-electron chi connectivity index (χ1n) is 8.75. The second-order valence-corrected chi connectivity index (χ2v) is 11.0. The van der Waals surface area contributed by atoms with Crippen molar-refractivity contribution in [3.05, 3.63) is 29.8 Å². The number of hydrogen-bond acceptors (Lipinski definition) is 4. The molecule has 5 nitrogen and oxygen atoms in total. The van der Waals surface area contributed by atoms with E-state index in [1.54, 1.807) is 0 Å². The number of halogens is 2. The number of benzene rings is 1. The molecule has 0 bridgehead atoms. The topological polar surface area (TPSA) is 63.7 Å². The molecule has 2 fully saturated rings. The molecule has 3 rings (SSSR count). The van der Waals surface area contributed by atoms with Crippen LogP contribution in [0.2, 0.25) is 0 Å². The lowest BCUT2D eigenvalue weighted by atomic mass is 9.94. The Morgan fingerprint density at radius 3 is 2.23 bits per heavy atom. The number of ether oxygens (including phenoxy) is 1. The minimum Gasteiger partial charge on any atom is -0.462 e. The van der Waals surface area contributed by atoms with E-state index in [2.05, 4.69) is 13.8 Å². The number of carbonyl (C=O) groups excluding carboxylic acids is 1. The Bertz CT molecular complexity index is 769. The molecule has 0 unspecified atom stereocenters. The lowest BCUT2D eigenvalue weighted by molar-refractivity contribution is 0.0485. The SMILES string of the molecule is C[C@@H]1C[C@@H](C)CN(S(=O)(=O)c2ccc(C(=O)OC[C@@H]3CC3(Cl)Cl)cc2)C1. The maximum Gasteiger partial charge on any atom is 0.338 e. The lowest BCUT2D eigenvalue weighted by Crippen LogP contribution is -2.42. The Kier molecular flexibility index (Phi) is 5.60. The van der Waals surface area contributed by atoms with Gasteiger partial charge in [0.05, 0.1) is 17.1 Å². The van der Waals surface area contributed by atoms with Crippen LogP contribution < -0.4 is 0 Å². The van der Waals surface area contributed by atoms with Gasteiger partial charge in [0.2, 0.25) is 10.0 Å². The molecule has 0 amide bonds. The average molecular weight is 420 g/mol. The van der Waals surface area contributed by atoms with Gasteiger partial charge >= 0.3 is 5.97 Å². The maximum atomic E-state index is 12.8. The van der Waals surface area contributed by atoms with Gasteiger partial charge in [-0.05, 0) is 48.9 Å². The molecule has 1 aliphatic heterocycles. The molecule has 1 aliphatic carbocycles. The summed E-state index contributed by atoms with van der Waals surface area (Å²) >= 11 is 11.8. The van der Waals surface area contributed by atoms with E-state index in [9.17, 15) is 13.2 Å². The predicted octanol–water partition coefficient (Wildman–Crippen LogP) is 3.70. The van der Waals surface area contributed by atoms with Crippen molar-refractivity contribution in [2.24, 2.45) is 17.8 Å². The first kappa shape index (κ1) is 19.9. The molecule has 0 spiro atoms. The van der Waals surface area contributed by atoms with Gasteiger partial charge < -0.3 is 4.74 Å². The minimum atomic E-state index is -3.56. The molecular weight excluding hydrogens is 397 g/mol. The summed E-state index contributed by atoms with van der Waals surface area (Å²) in [6.45, 7) is 5.34. The number of sulfonamides is 1. The van der Waals surface area contributed by atoms with Crippen molar-refractivity contribution in [3.63, 3.8) is 0 Å². The van der Waals surface area contributed by atoms with Gasteiger partial charge in [0.15, 0.2) is 0 Å². The molecule has 1 saturated heterocycles. The van der Waals surface area contributed by atoms with Gasteiger partial charge in [-0.25, -0.2) is 13.2 Å². The van der Waals surface area contributed by atoms with E-state index < -0.39 is 20.3 Å². The lowest BCUT2D eigenvalue weighted by Gasteiger charge is -2.34. The van der Waals surface area contributed by atoms with E-state index >= 15 is 0 Å². The second kappa shape index (κ2) is 7.30. The molecular formula is C18H23Cl2NO4S. The number of alkyl halides is 2. The Morgan fingerprint density at radius 1 is 1.19 bits per heavy atom. The fraction of sp³-hybridized carbons (Fsp3) is 0.611. The fourth-order valence-corrected chi connectivity index (χ4v) is 5.60. The molecule has 8 heteroatoms. The highest BCUT2D eigenvalue weighted by atomic mass is 35.5. The van der Waals surface area contributed by atoms with Crippen LogP contribution in [0.15, 0.2) is 29.2 Å². The molecule has 26 heavy (non-hydrogen) atoms. The number of hydrogen-bond donors (Lipinski definition) is 0. The van der Waals surface area contributed by atoms with Crippen molar-refractivity contribution in [3.8, 4) is 0 Å². The smallest absolute Gasteiger partial charge is 0.338 e. The standard InChI is InChI=1S/C18H23Cl2NO4S/c1-12-7-13(2)10-21(9-12)26(23,24)16-5-3-14(4-6-16)17(22)25-11-15-8-18(15,19)20/h3-6,12-13,15H,7-11H2,1-2H3/t12-,13-,15+/m1/s1. The van der Waals surface area contributed by atoms with Crippen molar-refractivity contribution >= 4 is 39.2 Å². The molecule has 3 atom stereocenters. The molecule has 0 radical (unpaired) electrons. The Morgan fingerprint density at radius 2 is 1.73 bits per heavy atom. The number of rotatable bonds is 5. The van der Waals surface area contributed by atoms with Crippen LogP contribution in [0.5, 0.6) is 0 Å². The summed E-state index contributed by atoms with van der Waals surface area (Å²) in [5.41, 5.74) is 0.305. The largest absolute Gasteiger partial charge is 0.462 e. The normalized spacial score (nSPS) is 28.5. The van der Waals surface area contributed by atoms with Crippen LogP contribution >= 0.6 is 23.2 Å². The van der Waals surface area contributed by atoms with Crippen LogP contribution in [-0.4, -0.2) is 42.7 Å². The van der Waals surface area contributed by atoms with E-state index in [-0.39, 0.29) is 17.4 Å². The van der Waals surface area contributed by atoms with Crippen molar-refractivity contribution in [2.45, 2.75) is 35.9 Å². The third kappa shape index (κ3) is 4.35. The Balaban J connectivity index is 1.65. The van der Waals surface area contributed by atoms with Gasteiger partial charge in [-0.3, -0.25) is 0 Å². The van der Waals surface area contributed by atoms with E-state index in [0.717, 1.165) is 6.42 Å². The highest BCUT2D eigenvalue weighted by Gasteiger charge is 2.52. The van der Waals surface area contributed by atoms with E-state index in [1.165, 1.54) is 28.6 Å². The van der Waals surface area contributed by atoms with Gasteiger partial charge in [0.25, 0.3) is 0 Å². The molecule has 0 N–H and O–H groups in total. The van der Waals surface area contributed by atoms with Gasteiger partial charge in [-0.1, -0.05) is 13.8 Å². The zero-order chi connectivity index (χ0) is 19.1. The molecule has 0 aromatic heterocycles. The van der Waals surface area contributed by atoms with Crippen LogP contribution in [0.4, 0.5) is 0 Å². The van der Waals surface area contributed by atoms with E-state index in [4.69, 9.17) is 27.9 Å². The maximum absolute atomic E-state index is 12.8. The Labute approximate surface area is 164 Å². The molecule has 1 aromatic rings.